The summed E-state index contributed by atoms with van der Waals surface area (Å²) >= 11 is 0. The van der Waals surface area contributed by atoms with Crippen LogP contribution in [0.3, 0.4) is 0 Å². The summed E-state index contributed by atoms with van der Waals surface area (Å²) in [7, 11) is 0. The SMILES string of the molecule is CCCCc1cn(-c2ccc(-c3cncc(F)c3)cc2)nn1. The maximum Gasteiger partial charge on any atom is 0.142 e. The van der Waals surface area contributed by atoms with E-state index in [0.29, 0.717) is 0 Å². The fraction of sp³-hybridized carbons (Fsp3) is 0.235. The van der Waals surface area contributed by atoms with Gasteiger partial charge in [-0.05, 0) is 36.6 Å². The Hall–Kier alpha value is -2.56. The van der Waals surface area contributed by atoms with E-state index in [-0.39, 0.29) is 5.82 Å². The molecule has 0 N–H and O–H groups in total. The van der Waals surface area contributed by atoms with Gasteiger partial charge in [-0.3, -0.25) is 4.98 Å². The van der Waals surface area contributed by atoms with E-state index in [4.69, 9.17) is 0 Å². The lowest BCUT2D eigenvalue weighted by Crippen LogP contribution is -1.94. The molecule has 0 aliphatic carbocycles. The van der Waals surface area contributed by atoms with Crippen LogP contribution in [0.5, 0.6) is 0 Å². The van der Waals surface area contributed by atoms with E-state index in [9.17, 15) is 4.39 Å². The van der Waals surface area contributed by atoms with Crippen LogP contribution in [0.4, 0.5) is 4.39 Å². The molecule has 0 aliphatic rings. The monoisotopic (exact) mass is 296 g/mol. The first-order valence-corrected chi connectivity index (χ1v) is 7.39. The van der Waals surface area contributed by atoms with E-state index in [1.807, 2.05) is 30.5 Å². The number of aryl methyl sites for hydroxylation is 1. The zero-order valence-corrected chi connectivity index (χ0v) is 12.4. The van der Waals surface area contributed by atoms with E-state index in [0.717, 1.165) is 41.8 Å². The third-order valence-electron chi connectivity index (χ3n) is 3.50. The fourth-order valence-corrected chi connectivity index (χ4v) is 2.27. The van der Waals surface area contributed by atoms with Gasteiger partial charge in [0.15, 0.2) is 0 Å². The molecule has 3 rings (SSSR count). The summed E-state index contributed by atoms with van der Waals surface area (Å²) in [5.41, 5.74) is 3.61. The number of nitrogens with zero attached hydrogens (tertiary/aromatic N) is 4. The number of benzene rings is 1. The molecule has 1 aromatic carbocycles. The summed E-state index contributed by atoms with van der Waals surface area (Å²) in [6, 6.07) is 9.22. The fourth-order valence-electron chi connectivity index (χ4n) is 2.27. The molecule has 2 aromatic heterocycles. The topological polar surface area (TPSA) is 43.6 Å². The van der Waals surface area contributed by atoms with E-state index >= 15 is 0 Å². The predicted molar refractivity (Wildman–Crippen MR) is 83.2 cm³/mol. The molecule has 2 heterocycles. The zero-order valence-electron chi connectivity index (χ0n) is 12.4. The Morgan fingerprint density at radius 3 is 2.64 bits per heavy atom. The smallest absolute Gasteiger partial charge is 0.142 e. The van der Waals surface area contributed by atoms with Crippen molar-refractivity contribution in [3.05, 3.63) is 60.4 Å². The number of pyridine rings is 1. The molecule has 0 bridgehead atoms. The van der Waals surface area contributed by atoms with Crippen molar-refractivity contribution in [2.75, 3.05) is 0 Å². The first-order valence-electron chi connectivity index (χ1n) is 7.39. The Kier molecular flexibility index (Phi) is 4.23. The molecular weight excluding hydrogens is 279 g/mol. The maximum absolute atomic E-state index is 13.2. The normalized spacial score (nSPS) is 10.8. The lowest BCUT2D eigenvalue weighted by Gasteiger charge is -2.04. The number of aromatic nitrogens is 4. The molecule has 4 nitrogen and oxygen atoms in total. The Morgan fingerprint density at radius 2 is 1.91 bits per heavy atom. The molecule has 0 aliphatic heterocycles. The maximum atomic E-state index is 13.2. The van der Waals surface area contributed by atoms with Crippen molar-refractivity contribution in [3.63, 3.8) is 0 Å². The summed E-state index contributed by atoms with van der Waals surface area (Å²) in [6.45, 7) is 2.16. The zero-order chi connectivity index (χ0) is 15.4. The largest absolute Gasteiger partial charge is 0.261 e. The van der Waals surface area contributed by atoms with Gasteiger partial charge in [0, 0.05) is 11.8 Å². The highest BCUT2D eigenvalue weighted by Crippen LogP contribution is 2.20. The van der Waals surface area contributed by atoms with Crippen LogP contribution < -0.4 is 0 Å². The number of hydrogen-bond donors (Lipinski definition) is 0. The van der Waals surface area contributed by atoms with Crippen LogP contribution in [0.1, 0.15) is 25.5 Å². The standard InChI is InChI=1S/C17H17FN4/c1-2-3-4-16-12-22(21-20-16)17-7-5-13(6-8-17)14-9-15(18)11-19-10-14/h5-12H,2-4H2,1H3. The Bertz CT molecular complexity index is 749. The molecular formula is C17H17FN4. The average Bonchev–Trinajstić information content (AvgIpc) is 3.02. The van der Waals surface area contributed by atoms with E-state index in [1.54, 1.807) is 10.9 Å². The van der Waals surface area contributed by atoms with E-state index in [1.165, 1.54) is 12.3 Å². The van der Waals surface area contributed by atoms with Gasteiger partial charge in [0.25, 0.3) is 0 Å². The summed E-state index contributed by atoms with van der Waals surface area (Å²) < 4.78 is 15.0. The highest BCUT2D eigenvalue weighted by Gasteiger charge is 2.04. The van der Waals surface area contributed by atoms with Crippen molar-refractivity contribution in [1.29, 1.82) is 0 Å². The van der Waals surface area contributed by atoms with Crippen LogP contribution >= 0.6 is 0 Å². The van der Waals surface area contributed by atoms with Gasteiger partial charge >= 0.3 is 0 Å². The van der Waals surface area contributed by atoms with Crippen LogP contribution in [0.25, 0.3) is 16.8 Å². The van der Waals surface area contributed by atoms with E-state index < -0.39 is 0 Å². The molecule has 5 heteroatoms. The number of rotatable bonds is 5. The van der Waals surface area contributed by atoms with Gasteiger partial charge in [-0.2, -0.15) is 0 Å². The summed E-state index contributed by atoms with van der Waals surface area (Å²) in [6.07, 6.45) is 8.01. The Morgan fingerprint density at radius 1 is 1.09 bits per heavy atom. The summed E-state index contributed by atoms with van der Waals surface area (Å²) in [5.74, 6) is -0.335. The minimum Gasteiger partial charge on any atom is -0.261 e. The second-order valence-corrected chi connectivity index (χ2v) is 5.20. The molecule has 0 spiro atoms. The van der Waals surface area contributed by atoms with Crippen molar-refractivity contribution < 1.29 is 4.39 Å². The van der Waals surface area contributed by atoms with Crippen LogP contribution in [-0.2, 0) is 6.42 Å². The van der Waals surface area contributed by atoms with Crippen molar-refractivity contribution >= 4 is 0 Å². The molecule has 3 aromatic rings. The number of hydrogen-bond acceptors (Lipinski definition) is 3. The minimum absolute atomic E-state index is 0.335. The van der Waals surface area contributed by atoms with Crippen LogP contribution in [0.2, 0.25) is 0 Å². The molecule has 0 saturated heterocycles. The summed E-state index contributed by atoms with van der Waals surface area (Å²) in [4.78, 5) is 3.87. The van der Waals surface area contributed by atoms with Crippen LogP contribution in [0.15, 0.2) is 48.9 Å². The van der Waals surface area contributed by atoms with Gasteiger partial charge in [-0.1, -0.05) is 30.7 Å². The van der Waals surface area contributed by atoms with Crippen LogP contribution in [-0.4, -0.2) is 20.0 Å². The summed E-state index contributed by atoms with van der Waals surface area (Å²) in [5, 5.41) is 8.33. The third-order valence-corrected chi connectivity index (χ3v) is 3.50. The highest BCUT2D eigenvalue weighted by molar-refractivity contribution is 5.63. The van der Waals surface area contributed by atoms with Gasteiger partial charge in [0.2, 0.25) is 0 Å². The Balaban J connectivity index is 1.80. The number of halogens is 1. The minimum atomic E-state index is -0.335. The highest BCUT2D eigenvalue weighted by atomic mass is 19.1. The second-order valence-electron chi connectivity index (χ2n) is 5.20. The van der Waals surface area contributed by atoms with Crippen molar-refractivity contribution in [2.45, 2.75) is 26.2 Å². The quantitative estimate of drug-likeness (QED) is 0.719. The molecule has 0 radical (unpaired) electrons. The second kappa shape index (κ2) is 6.47. The predicted octanol–water partition coefficient (Wildman–Crippen LogP) is 3.81. The Labute approximate surface area is 128 Å². The lowest BCUT2D eigenvalue weighted by molar-refractivity contribution is 0.622. The van der Waals surface area contributed by atoms with Crippen LogP contribution in [0, 0.1) is 5.82 Å². The van der Waals surface area contributed by atoms with Gasteiger partial charge < -0.3 is 0 Å². The molecule has 0 saturated carbocycles. The first kappa shape index (κ1) is 14.4. The van der Waals surface area contributed by atoms with Crippen molar-refractivity contribution in [3.8, 4) is 16.8 Å². The third kappa shape index (κ3) is 3.19. The molecule has 0 unspecified atom stereocenters. The molecule has 0 amide bonds. The molecule has 22 heavy (non-hydrogen) atoms. The van der Waals surface area contributed by atoms with Gasteiger partial charge in [-0.25, -0.2) is 9.07 Å². The lowest BCUT2D eigenvalue weighted by atomic mass is 10.1. The molecule has 0 fully saturated rings. The van der Waals surface area contributed by atoms with Crippen molar-refractivity contribution in [2.24, 2.45) is 0 Å². The first-order chi connectivity index (χ1) is 10.8. The van der Waals surface area contributed by atoms with Crippen molar-refractivity contribution in [1.82, 2.24) is 20.0 Å². The molecule has 112 valence electrons. The van der Waals surface area contributed by atoms with Gasteiger partial charge in [0.05, 0.1) is 23.8 Å². The number of unbranched alkanes of at least 4 members (excludes halogenated alkanes) is 1. The van der Waals surface area contributed by atoms with Gasteiger partial charge in [0.1, 0.15) is 5.82 Å². The van der Waals surface area contributed by atoms with Gasteiger partial charge in [-0.15, -0.1) is 5.10 Å². The average molecular weight is 296 g/mol. The van der Waals surface area contributed by atoms with E-state index in [2.05, 4.69) is 22.2 Å². The molecule has 0 atom stereocenters.